The standard InChI is InChI=1S/C29H31F3N4O/c1-17(2)36-18(3)16-37-29-25(31)11-20(12-27(29)36)23-14-28(33-15-26(23)32)34-21-5-6-22(24(30)13-21)19-7-9-35(4)10-8-19/h5-6,11-15,17,19H,3,7-10,16H2,1-2,4H3,(H,33,34). The zero-order chi connectivity index (χ0) is 26.3. The van der Waals surface area contributed by atoms with Gasteiger partial charge in [0, 0.05) is 23.0 Å². The van der Waals surface area contributed by atoms with Gasteiger partial charge in [0.25, 0.3) is 0 Å². The molecule has 0 bridgehead atoms. The van der Waals surface area contributed by atoms with Crippen molar-refractivity contribution in [3.05, 3.63) is 77.9 Å². The van der Waals surface area contributed by atoms with Gasteiger partial charge in [-0.2, -0.15) is 0 Å². The topological polar surface area (TPSA) is 40.6 Å². The number of hydrogen-bond donors (Lipinski definition) is 1. The van der Waals surface area contributed by atoms with Crippen molar-refractivity contribution in [2.45, 2.75) is 38.6 Å². The highest BCUT2D eigenvalue weighted by Gasteiger charge is 2.28. The number of likely N-dealkylation sites (tertiary alicyclic amines) is 1. The molecule has 0 amide bonds. The molecular weight excluding hydrogens is 477 g/mol. The van der Waals surface area contributed by atoms with Gasteiger partial charge in [0.1, 0.15) is 24.1 Å². The van der Waals surface area contributed by atoms with Crippen molar-refractivity contribution < 1.29 is 17.9 Å². The number of hydrogen-bond acceptors (Lipinski definition) is 5. The molecule has 3 heterocycles. The molecule has 37 heavy (non-hydrogen) atoms. The summed E-state index contributed by atoms with van der Waals surface area (Å²) in [5, 5.41) is 3.06. The van der Waals surface area contributed by atoms with Crippen LogP contribution in [0.2, 0.25) is 0 Å². The lowest BCUT2D eigenvalue weighted by Gasteiger charge is -2.36. The number of benzene rings is 2. The number of rotatable bonds is 5. The van der Waals surface area contributed by atoms with Crippen LogP contribution in [0.3, 0.4) is 0 Å². The third kappa shape index (κ3) is 5.03. The van der Waals surface area contributed by atoms with E-state index in [1.807, 2.05) is 30.9 Å². The van der Waals surface area contributed by atoms with Gasteiger partial charge in [-0.3, -0.25) is 0 Å². The number of piperidine rings is 1. The van der Waals surface area contributed by atoms with E-state index in [4.69, 9.17) is 4.74 Å². The lowest BCUT2D eigenvalue weighted by atomic mass is 9.89. The Morgan fingerprint density at radius 1 is 1.03 bits per heavy atom. The van der Waals surface area contributed by atoms with Crippen molar-refractivity contribution in [1.82, 2.24) is 9.88 Å². The number of anilines is 3. The van der Waals surface area contributed by atoms with E-state index >= 15 is 4.39 Å². The molecule has 5 rings (SSSR count). The molecule has 1 fully saturated rings. The summed E-state index contributed by atoms with van der Waals surface area (Å²) in [6.45, 7) is 10.0. The minimum Gasteiger partial charge on any atom is -0.482 e. The van der Waals surface area contributed by atoms with Gasteiger partial charge in [-0.1, -0.05) is 12.6 Å². The maximum absolute atomic E-state index is 15.0. The van der Waals surface area contributed by atoms with E-state index < -0.39 is 11.6 Å². The first-order valence-electron chi connectivity index (χ1n) is 12.6. The Labute approximate surface area is 215 Å². The predicted octanol–water partition coefficient (Wildman–Crippen LogP) is 6.84. The molecule has 1 aromatic heterocycles. The highest BCUT2D eigenvalue weighted by atomic mass is 19.1. The van der Waals surface area contributed by atoms with Gasteiger partial charge in [0.05, 0.1) is 11.9 Å². The molecule has 0 radical (unpaired) electrons. The monoisotopic (exact) mass is 508 g/mol. The average Bonchev–Trinajstić information content (AvgIpc) is 2.85. The summed E-state index contributed by atoms with van der Waals surface area (Å²) in [5.41, 5.74) is 2.93. The van der Waals surface area contributed by atoms with Crippen LogP contribution in [-0.2, 0) is 0 Å². The number of nitrogens with one attached hydrogen (secondary N) is 1. The maximum Gasteiger partial charge on any atom is 0.179 e. The number of fused-ring (bicyclic) bond motifs is 1. The Bertz CT molecular complexity index is 1330. The van der Waals surface area contributed by atoms with Crippen molar-refractivity contribution in [3.8, 4) is 16.9 Å². The largest absolute Gasteiger partial charge is 0.482 e. The Morgan fingerprint density at radius 3 is 2.49 bits per heavy atom. The molecule has 0 saturated carbocycles. The van der Waals surface area contributed by atoms with Crippen molar-refractivity contribution in [2.24, 2.45) is 0 Å². The van der Waals surface area contributed by atoms with Crippen LogP contribution in [0, 0.1) is 17.5 Å². The Balaban J connectivity index is 1.43. The molecular formula is C29H31F3N4O. The van der Waals surface area contributed by atoms with E-state index in [2.05, 4.69) is 28.8 Å². The quantitative estimate of drug-likeness (QED) is 0.409. The third-order valence-corrected chi connectivity index (χ3v) is 7.12. The van der Waals surface area contributed by atoms with Gasteiger partial charge in [-0.15, -0.1) is 0 Å². The minimum absolute atomic E-state index is 0.0108. The molecule has 8 heteroatoms. The summed E-state index contributed by atoms with van der Waals surface area (Å²) in [6.07, 6.45) is 2.92. The minimum atomic E-state index is -0.597. The second-order valence-corrected chi connectivity index (χ2v) is 10.1. The summed E-state index contributed by atoms with van der Waals surface area (Å²) in [5.74, 6) is -0.804. The Kier molecular flexibility index (Phi) is 6.86. The lowest BCUT2D eigenvalue weighted by molar-refractivity contribution is 0.253. The first-order valence-corrected chi connectivity index (χ1v) is 12.6. The van der Waals surface area contributed by atoms with Crippen LogP contribution in [0.25, 0.3) is 11.1 Å². The molecule has 2 aliphatic rings. The normalized spacial score (nSPS) is 16.6. The van der Waals surface area contributed by atoms with E-state index in [-0.39, 0.29) is 35.7 Å². The number of pyridine rings is 1. The van der Waals surface area contributed by atoms with Crippen molar-refractivity contribution in [2.75, 3.05) is 37.0 Å². The summed E-state index contributed by atoms with van der Waals surface area (Å²) in [4.78, 5) is 8.26. The molecule has 194 valence electrons. The van der Waals surface area contributed by atoms with Crippen LogP contribution in [0.4, 0.5) is 30.4 Å². The van der Waals surface area contributed by atoms with Gasteiger partial charge in [0.2, 0.25) is 0 Å². The van der Waals surface area contributed by atoms with Crippen molar-refractivity contribution in [1.29, 1.82) is 0 Å². The van der Waals surface area contributed by atoms with E-state index in [1.54, 1.807) is 6.07 Å². The number of halogens is 3. The SMILES string of the molecule is C=C1COc2c(F)cc(-c3cc(Nc4ccc(C5CCN(C)CC5)c(F)c4)ncc3F)cc2N1C(C)C. The van der Waals surface area contributed by atoms with Crippen LogP contribution in [0.5, 0.6) is 5.75 Å². The van der Waals surface area contributed by atoms with Crippen LogP contribution in [0.15, 0.2) is 54.9 Å². The molecule has 0 aliphatic carbocycles. The molecule has 0 unspecified atom stereocenters. The first kappa shape index (κ1) is 25.1. The van der Waals surface area contributed by atoms with Crippen LogP contribution >= 0.6 is 0 Å². The third-order valence-electron chi connectivity index (χ3n) is 7.12. The zero-order valence-corrected chi connectivity index (χ0v) is 21.3. The zero-order valence-electron chi connectivity index (χ0n) is 21.3. The van der Waals surface area contributed by atoms with E-state index in [1.165, 1.54) is 18.2 Å². The Hall–Kier alpha value is -3.52. The van der Waals surface area contributed by atoms with Gasteiger partial charge in [-0.25, -0.2) is 18.2 Å². The second kappa shape index (κ2) is 10.1. The van der Waals surface area contributed by atoms with Gasteiger partial charge >= 0.3 is 0 Å². The van der Waals surface area contributed by atoms with Crippen LogP contribution < -0.4 is 15.0 Å². The van der Waals surface area contributed by atoms with Crippen molar-refractivity contribution >= 4 is 17.2 Å². The summed E-state index contributed by atoms with van der Waals surface area (Å²) in [6, 6.07) is 9.52. The molecule has 0 spiro atoms. The predicted molar refractivity (Wildman–Crippen MR) is 141 cm³/mol. The highest BCUT2D eigenvalue weighted by Crippen LogP contribution is 2.42. The molecule has 2 aliphatic heterocycles. The smallest absolute Gasteiger partial charge is 0.179 e. The first-order chi connectivity index (χ1) is 17.7. The summed E-state index contributed by atoms with van der Waals surface area (Å²) >= 11 is 0. The van der Waals surface area contributed by atoms with Crippen molar-refractivity contribution in [3.63, 3.8) is 0 Å². The summed E-state index contributed by atoms with van der Waals surface area (Å²) in [7, 11) is 2.08. The number of ether oxygens (including phenoxy) is 1. The number of nitrogens with zero attached hydrogens (tertiary/aromatic N) is 3. The molecule has 5 nitrogen and oxygen atoms in total. The van der Waals surface area contributed by atoms with E-state index in [0.29, 0.717) is 28.5 Å². The fourth-order valence-corrected chi connectivity index (χ4v) is 5.23. The maximum atomic E-state index is 15.0. The highest BCUT2D eigenvalue weighted by molar-refractivity contribution is 5.77. The molecule has 2 aromatic carbocycles. The van der Waals surface area contributed by atoms with Crippen LogP contribution in [-0.4, -0.2) is 42.7 Å². The van der Waals surface area contributed by atoms with E-state index in [0.717, 1.165) is 37.7 Å². The molecule has 0 atom stereocenters. The molecule has 1 N–H and O–H groups in total. The lowest BCUT2D eigenvalue weighted by Crippen LogP contribution is -2.35. The van der Waals surface area contributed by atoms with Crippen LogP contribution in [0.1, 0.15) is 38.2 Å². The van der Waals surface area contributed by atoms with Gasteiger partial charge < -0.3 is 19.9 Å². The molecule has 3 aromatic rings. The summed E-state index contributed by atoms with van der Waals surface area (Å²) < 4.78 is 50.5. The second-order valence-electron chi connectivity index (χ2n) is 10.1. The van der Waals surface area contributed by atoms with Gasteiger partial charge in [0.15, 0.2) is 11.6 Å². The Morgan fingerprint density at radius 2 is 1.78 bits per heavy atom. The number of aromatic nitrogens is 1. The average molecular weight is 509 g/mol. The molecule has 1 saturated heterocycles. The van der Waals surface area contributed by atoms with Gasteiger partial charge in [-0.05, 0) is 94.2 Å². The fraction of sp³-hybridized carbons (Fsp3) is 0.345. The fourth-order valence-electron chi connectivity index (χ4n) is 5.23. The van der Waals surface area contributed by atoms with E-state index in [9.17, 15) is 8.78 Å².